The van der Waals surface area contributed by atoms with Crippen LogP contribution in [0, 0.1) is 0 Å². The van der Waals surface area contributed by atoms with Gasteiger partial charge in [0, 0.05) is 7.11 Å². The molecule has 3 nitrogen and oxygen atoms in total. The van der Waals surface area contributed by atoms with Crippen LogP contribution in [0.3, 0.4) is 0 Å². The first-order valence-electron chi connectivity index (χ1n) is 4.19. The van der Waals surface area contributed by atoms with Gasteiger partial charge in [-0.1, -0.05) is 0 Å². The molecule has 0 aromatic carbocycles. The van der Waals surface area contributed by atoms with Crippen molar-refractivity contribution in [3.05, 3.63) is 0 Å². The summed E-state index contributed by atoms with van der Waals surface area (Å²) in [5.74, 6) is 0. The van der Waals surface area contributed by atoms with Gasteiger partial charge in [0.2, 0.25) is 0 Å². The van der Waals surface area contributed by atoms with Crippen molar-refractivity contribution >= 4 is 15.7 Å². The second kappa shape index (κ2) is 4.49. The van der Waals surface area contributed by atoms with Crippen LogP contribution in [0.1, 0.15) is 27.7 Å². The lowest BCUT2D eigenvalue weighted by Gasteiger charge is -2.37. The molecule has 0 saturated heterocycles. The smallest absolute Gasteiger partial charge is 0.154 e. The van der Waals surface area contributed by atoms with E-state index in [4.69, 9.17) is 29.9 Å². The molecule has 0 spiro atoms. The van der Waals surface area contributed by atoms with Gasteiger partial charge in [-0.25, -0.2) is 0 Å². The topological polar surface area (TPSA) is 27.7 Å². The molecule has 0 aliphatic carbocycles. The Labute approximate surface area is 82.9 Å². The highest BCUT2D eigenvalue weighted by atomic mass is 16.8. The van der Waals surface area contributed by atoms with Crippen molar-refractivity contribution in [2.75, 3.05) is 7.11 Å². The highest BCUT2D eigenvalue weighted by molar-refractivity contribution is 6.15. The maximum absolute atomic E-state index is 5.67. The summed E-state index contributed by atoms with van der Waals surface area (Å²) in [4.78, 5) is 0. The molecule has 0 aromatic rings. The van der Waals surface area contributed by atoms with E-state index in [9.17, 15) is 0 Å². The van der Waals surface area contributed by atoms with Crippen LogP contribution in [-0.4, -0.2) is 40.3 Å². The summed E-state index contributed by atoms with van der Waals surface area (Å²) in [6, 6.07) is 0. The van der Waals surface area contributed by atoms with Crippen molar-refractivity contribution in [3.63, 3.8) is 0 Å². The zero-order chi connectivity index (χ0) is 10.7. The van der Waals surface area contributed by atoms with Gasteiger partial charge >= 0.3 is 0 Å². The average Bonchev–Trinajstić information content (AvgIpc) is 1.81. The van der Waals surface area contributed by atoms with E-state index < -0.39 is 11.4 Å². The standard InChI is InChI=1S/C8H16B2O3/c1-6(2)12-8(4,10)13-7(3,9)11-5/h6H,1-5H3. The van der Waals surface area contributed by atoms with Crippen molar-refractivity contribution < 1.29 is 14.2 Å². The lowest BCUT2D eigenvalue weighted by Crippen LogP contribution is -2.46. The molecule has 5 heteroatoms. The fourth-order valence-corrected chi connectivity index (χ4v) is 0.936. The van der Waals surface area contributed by atoms with Crippen molar-refractivity contribution in [1.82, 2.24) is 0 Å². The van der Waals surface area contributed by atoms with Crippen LogP contribution in [0.4, 0.5) is 0 Å². The number of rotatable bonds is 5. The molecule has 0 saturated carbocycles. The predicted octanol–water partition coefficient (Wildman–Crippen LogP) is 0.759. The first-order chi connectivity index (χ1) is 5.68. The zero-order valence-electron chi connectivity index (χ0n) is 8.96. The van der Waals surface area contributed by atoms with E-state index in [2.05, 4.69) is 0 Å². The molecule has 0 aliphatic rings. The largest absolute Gasteiger partial charge is 0.363 e. The van der Waals surface area contributed by atoms with E-state index in [0.717, 1.165) is 0 Å². The summed E-state index contributed by atoms with van der Waals surface area (Å²) < 4.78 is 15.3. The van der Waals surface area contributed by atoms with E-state index in [1.54, 1.807) is 13.8 Å². The fourth-order valence-electron chi connectivity index (χ4n) is 0.936. The third-order valence-electron chi connectivity index (χ3n) is 1.28. The van der Waals surface area contributed by atoms with Crippen LogP contribution in [0.25, 0.3) is 0 Å². The first kappa shape index (κ1) is 13.0. The molecule has 0 fully saturated rings. The van der Waals surface area contributed by atoms with Crippen molar-refractivity contribution in [2.45, 2.75) is 45.2 Å². The molecular weight excluding hydrogens is 166 g/mol. The van der Waals surface area contributed by atoms with Gasteiger partial charge in [-0.05, 0) is 27.7 Å². The molecule has 2 unspecified atom stereocenters. The molecule has 0 aliphatic heterocycles. The van der Waals surface area contributed by atoms with Crippen LogP contribution in [0.2, 0.25) is 0 Å². The van der Waals surface area contributed by atoms with Crippen LogP contribution < -0.4 is 0 Å². The normalized spacial score (nSPS) is 21.1. The van der Waals surface area contributed by atoms with E-state index in [1.165, 1.54) is 7.11 Å². The molecule has 0 amide bonds. The maximum atomic E-state index is 5.67. The molecule has 4 radical (unpaired) electrons. The number of hydrogen-bond donors (Lipinski definition) is 0. The monoisotopic (exact) mass is 182 g/mol. The zero-order valence-corrected chi connectivity index (χ0v) is 8.96. The van der Waals surface area contributed by atoms with E-state index in [-0.39, 0.29) is 6.10 Å². The minimum atomic E-state index is -1.24. The Morgan fingerprint density at radius 3 is 1.85 bits per heavy atom. The van der Waals surface area contributed by atoms with E-state index in [0.29, 0.717) is 0 Å². The third-order valence-corrected chi connectivity index (χ3v) is 1.28. The average molecular weight is 182 g/mol. The Kier molecular flexibility index (Phi) is 4.49. The molecule has 0 bridgehead atoms. The third kappa shape index (κ3) is 6.13. The molecule has 13 heavy (non-hydrogen) atoms. The molecule has 0 heterocycles. The van der Waals surface area contributed by atoms with Crippen LogP contribution >= 0.6 is 0 Å². The number of hydrogen-bond acceptors (Lipinski definition) is 3. The van der Waals surface area contributed by atoms with Crippen molar-refractivity contribution in [1.29, 1.82) is 0 Å². The Hall–Kier alpha value is 0.00987. The second-order valence-corrected chi connectivity index (χ2v) is 3.50. The van der Waals surface area contributed by atoms with Crippen molar-refractivity contribution in [2.24, 2.45) is 0 Å². The summed E-state index contributed by atoms with van der Waals surface area (Å²) in [5, 5.41) is 0. The minimum absolute atomic E-state index is 0.0392. The lowest BCUT2D eigenvalue weighted by molar-refractivity contribution is -0.279. The van der Waals surface area contributed by atoms with Gasteiger partial charge in [0.05, 0.1) is 6.10 Å². The fraction of sp³-hybridized carbons (Fsp3) is 1.00. The van der Waals surface area contributed by atoms with Gasteiger partial charge in [0.1, 0.15) is 11.4 Å². The van der Waals surface area contributed by atoms with E-state index >= 15 is 0 Å². The summed E-state index contributed by atoms with van der Waals surface area (Å²) >= 11 is 0. The van der Waals surface area contributed by atoms with Gasteiger partial charge in [-0.2, -0.15) is 0 Å². The van der Waals surface area contributed by atoms with Crippen LogP contribution in [0.5, 0.6) is 0 Å². The SMILES string of the molecule is [B]C(C)(OC)OC([B])(C)OC(C)C. The Balaban J connectivity index is 4.16. The Bertz CT molecular complexity index is 157. The predicted molar refractivity (Wildman–Crippen MR) is 52.6 cm³/mol. The number of ether oxygens (including phenoxy) is 3. The Morgan fingerprint density at radius 1 is 1.08 bits per heavy atom. The molecular formula is C8H16B2O3. The molecule has 0 N–H and O–H groups in total. The van der Waals surface area contributed by atoms with Crippen molar-refractivity contribution in [3.8, 4) is 0 Å². The highest BCUT2D eigenvalue weighted by Gasteiger charge is 2.29. The van der Waals surface area contributed by atoms with Crippen LogP contribution in [-0.2, 0) is 14.2 Å². The molecule has 0 aromatic heterocycles. The van der Waals surface area contributed by atoms with Gasteiger partial charge < -0.3 is 14.2 Å². The Morgan fingerprint density at radius 2 is 1.54 bits per heavy atom. The molecule has 72 valence electrons. The van der Waals surface area contributed by atoms with Gasteiger partial charge in [0.15, 0.2) is 15.7 Å². The quantitative estimate of drug-likeness (QED) is 0.463. The minimum Gasteiger partial charge on any atom is -0.363 e. The molecule has 0 rings (SSSR count). The van der Waals surface area contributed by atoms with Crippen LogP contribution in [0.15, 0.2) is 0 Å². The maximum Gasteiger partial charge on any atom is 0.154 e. The van der Waals surface area contributed by atoms with E-state index in [1.807, 2.05) is 13.8 Å². The summed E-state index contributed by atoms with van der Waals surface area (Å²) in [6.07, 6.45) is -0.0392. The van der Waals surface area contributed by atoms with Gasteiger partial charge in [-0.15, -0.1) is 0 Å². The molecule has 2 atom stereocenters. The summed E-state index contributed by atoms with van der Waals surface area (Å²) in [6.45, 7) is 6.85. The number of methoxy groups -OCH3 is 1. The van der Waals surface area contributed by atoms with Gasteiger partial charge in [-0.3, -0.25) is 0 Å². The first-order valence-corrected chi connectivity index (χ1v) is 4.19. The summed E-state index contributed by atoms with van der Waals surface area (Å²) in [5.41, 5.74) is -2.48. The highest BCUT2D eigenvalue weighted by Crippen LogP contribution is 2.18. The van der Waals surface area contributed by atoms with Gasteiger partial charge in [0.25, 0.3) is 0 Å². The lowest BCUT2D eigenvalue weighted by atomic mass is 9.91. The second-order valence-electron chi connectivity index (χ2n) is 3.50. The summed E-state index contributed by atoms with van der Waals surface area (Å²) in [7, 11) is 12.7.